The van der Waals surface area contributed by atoms with E-state index in [0.717, 1.165) is 6.26 Å². The van der Waals surface area contributed by atoms with Gasteiger partial charge >= 0.3 is 0 Å². The van der Waals surface area contributed by atoms with Crippen LogP contribution in [-0.2, 0) is 14.6 Å². The van der Waals surface area contributed by atoms with Gasteiger partial charge in [-0.15, -0.1) is 0 Å². The number of ketones is 1. The zero-order valence-electron chi connectivity index (χ0n) is 9.04. The number of hydrogen-bond donors (Lipinski definition) is 1. The molecule has 0 aromatic carbocycles. The van der Waals surface area contributed by atoms with Crippen molar-refractivity contribution < 1.29 is 13.2 Å². The molecule has 0 aliphatic rings. The van der Waals surface area contributed by atoms with Crippen LogP contribution in [0.1, 0.15) is 26.7 Å². The molecule has 0 aliphatic heterocycles. The molecule has 0 amide bonds. The van der Waals surface area contributed by atoms with Crippen LogP contribution >= 0.6 is 0 Å². The molecule has 0 aromatic rings. The average Bonchev–Trinajstić information content (AvgIpc) is 1.99. The first kappa shape index (κ1) is 13.6. The first-order chi connectivity index (χ1) is 6.31. The van der Waals surface area contributed by atoms with Crippen LogP contribution in [0.3, 0.4) is 0 Å². The normalized spacial score (nSPS) is 12.0. The highest BCUT2D eigenvalue weighted by Crippen LogP contribution is 1.94. The summed E-state index contributed by atoms with van der Waals surface area (Å²) in [6.07, 6.45) is 1.69. The molecule has 0 heterocycles. The smallest absolute Gasteiger partial charge is 0.147 e. The summed E-state index contributed by atoms with van der Waals surface area (Å²) in [5.74, 6) is -0.0309. The van der Waals surface area contributed by atoms with Gasteiger partial charge in [-0.3, -0.25) is 4.79 Å². The second-order valence-corrected chi connectivity index (χ2v) is 6.04. The Bertz CT molecular complexity index is 270. The van der Waals surface area contributed by atoms with Crippen molar-refractivity contribution in [2.45, 2.75) is 32.7 Å². The van der Waals surface area contributed by atoms with Crippen LogP contribution in [0.4, 0.5) is 0 Å². The molecule has 0 atom stereocenters. The van der Waals surface area contributed by atoms with Crippen molar-refractivity contribution in [3.63, 3.8) is 0 Å². The molecule has 0 aliphatic carbocycles. The predicted octanol–water partition coefficient (Wildman–Crippen LogP) is 0.378. The van der Waals surface area contributed by atoms with Crippen molar-refractivity contribution in [3.05, 3.63) is 0 Å². The Morgan fingerprint density at radius 1 is 1.29 bits per heavy atom. The number of hydrogen-bond acceptors (Lipinski definition) is 4. The van der Waals surface area contributed by atoms with E-state index < -0.39 is 9.84 Å². The van der Waals surface area contributed by atoms with Crippen LogP contribution < -0.4 is 5.32 Å². The van der Waals surface area contributed by atoms with Crippen LogP contribution in [0, 0.1) is 0 Å². The lowest BCUT2D eigenvalue weighted by atomic mass is 10.2. The van der Waals surface area contributed by atoms with Gasteiger partial charge < -0.3 is 5.32 Å². The van der Waals surface area contributed by atoms with Crippen LogP contribution in [-0.4, -0.2) is 38.8 Å². The van der Waals surface area contributed by atoms with Crippen LogP contribution in [0.15, 0.2) is 0 Å². The van der Waals surface area contributed by atoms with Gasteiger partial charge in [-0.2, -0.15) is 0 Å². The molecule has 0 fully saturated rings. The average molecular weight is 221 g/mol. The third kappa shape index (κ3) is 9.67. The highest BCUT2D eigenvalue weighted by atomic mass is 32.2. The van der Waals surface area contributed by atoms with Crippen molar-refractivity contribution >= 4 is 15.6 Å². The molecule has 0 rings (SSSR count). The van der Waals surface area contributed by atoms with Crippen molar-refractivity contribution in [1.82, 2.24) is 5.32 Å². The number of carbonyl (C=O) groups is 1. The molecule has 0 spiro atoms. The fourth-order valence-corrected chi connectivity index (χ4v) is 1.52. The molecular formula is C9H19NO3S. The summed E-state index contributed by atoms with van der Waals surface area (Å²) in [6.45, 7) is 4.63. The molecule has 0 saturated carbocycles. The van der Waals surface area contributed by atoms with E-state index in [4.69, 9.17) is 0 Å². The first-order valence-corrected chi connectivity index (χ1v) is 6.80. The van der Waals surface area contributed by atoms with E-state index in [0.29, 0.717) is 19.0 Å². The molecule has 0 unspecified atom stereocenters. The Kier molecular flexibility index (Phi) is 5.95. The zero-order chi connectivity index (χ0) is 11.2. The van der Waals surface area contributed by atoms with Crippen LogP contribution in [0.5, 0.6) is 0 Å². The van der Waals surface area contributed by atoms with E-state index in [1.807, 2.05) is 13.8 Å². The third-order valence-electron chi connectivity index (χ3n) is 1.71. The monoisotopic (exact) mass is 221 g/mol. The molecular weight excluding hydrogens is 202 g/mol. The molecule has 0 bridgehead atoms. The predicted molar refractivity (Wildman–Crippen MR) is 57.1 cm³/mol. The summed E-state index contributed by atoms with van der Waals surface area (Å²) in [6, 6.07) is 0.359. The minimum atomic E-state index is -3.00. The quantitative estimate of drug-likeness (QED) is 0.675. The standard InChI is InChI=1S/C9H19NO3S/c1-8(2)10-6-4-9(11)5-7-14(3,12)13/h8,10H,4-7H2,1-3H3. The number of nitrogens with one attached hydrogen (secondary N) is 1. The number of Topliss-reactive ketones (excluding diaryl/α,β-unsaturated/α-hetero) is 1. The lowest BCUT2D eigenvalue weighted by Crippen LogP contribution is -2.25. The van der Waals surface area contributed by atoms with Crippen LogP contribution in [0.25, 0.3) is 0 Å². The molecule has 84 valence electrons. The van der Waals surface area contributed by atoms with E-state index in [1.54, 1.807) is 0 Å². The largest absolute Gasteiger partial charge is 0.314 e. The molecule has 5 heteroatoms. The van der Waals surface area contributed by atoms with E-state index in [-0.39, 0.29) is 18.0 Å². The summed E-state index contributed by atoms with van der Waals surface area (Å²) < 4.78 is 21.5. The topological polar surface area (TPSA) is 63.2 Å². The van der Waals surface area contributed by atoms with E-state index in [9.17, 15) is 13.2 Å². The van der Waals surface area contributed by atoms with Crippen LogP contribution in [0.2, 0.25) is 0 Å². The SMILES string of the molecule is CC(C)NCCC(=O)CCS(C)(=O)=O. The number of sulfone groups is 1. The Morgan fingerprint density at radius 3 is 2.29 bits per heavy atom. The highest BCUT2D eigenvalue weighted by Gasteiger charge is 2.07. The maximum Gasteiger partial charge on any atom is 0.147 e. The molecule has 0 saturated heterocycles. The zero-order valence-corrected chi connectivity index (χ0v) is 9.86. The summed E-state index contributed by atoms with van der Waals surface area (Å²) in [4.78, 5) is 11.2. The Balaban J connectivity index is 3.57. The summed E-state index contributed by atoms with van der Waals surface area (Å²) in [5, 5.41) is 3.10. The second-order valence-electron chi connectivity index (χ2n) is 3.78. The Labute approximate surface area is 86.0 Å². The summed E-state index contributed by atoms with van der Waals surface area (Å²) in [5.41, 5.74) is 0. The van der Waals surface area contributed by atoms with Crippen molar-refractivity contribution in [2.75, 3.05) is 18.6 Å². The van der Waals surface area contributed by atoms with Gasteiger partial charge in [0, 0.05) is 31.7 Å². The van der Waals surface area contributed by atoms with E-state index >= 15 is 0 Å². The fourth-order valence-electron chi connectivity index (χ4n) is 0.924. The third-order valence-corrected chi connectivity index (χ3v) is 2.65. The van der Waals surface area contributed by atoms with Gasteiger partial charge in [-0.05, 0) is 0 Å². The minimum Gasteiger partial charge on any atom is -0.314 e. The summed E-state index contributed by atoms with van der Waals surface area (Å²) >= 11 is 0. The lowest BCUT2D eigenvalue weighted by molar-refractivity contribution is -0.118. The van der Waals surface area contributed by atoms with Gasteiger partial charge in [0.05, 0.1) is 5.75 Å². The van der Waals surface area contributed by atoms with Gasteiger partial charge in [-0.1, -0.05) is 13.8 Å². The van der Waals surface area contributed by atoms with Gasteiger partial charge in [0.2, 0.25) is 0 Å². The molecule has 4 nitrogen and oxygen atoms in total. The fraction of sp³-hybridized carbons (Fsp3) is 0.889. The van der Waals surface area contributed by atoms with Crippen molar-refractivity contribution in [1.29, 1.82) is 0 Å². The van der Waals surface area contributed by atoms with E-state index in [1.165, 1.54) is 0 Å². The van der Waals surface area contributed by atoms with Gasteiger partial charge in [0.25, 0.3) is 0 Å². The maximum absolute atomic E-state index is 11.2. The highest BCUT2D eigenvalue weighted by molar-refractivity contribution is 7.90. The van der Waals surface area contributed by atoms with Gasteiger partial charge in [-0.25, -0.2) is 8.42 Å². The van der Waals surface area contributed by atoms with Crippen molar-refractivity contribution in [3.8, 4) is 0 Å². The van der Waals surface area contributed by atoms with E-state index in [2.05, 4.69) is 5.32 Å². The Morgan fingerprint density at radius 2 is 1.86 bits per heavy atom. The Hall–Kier alpha value is -0.420. The second kappa shape index (κ2) is 6.14. The summed E-state index contributed by atoms with van der Waals surface area (Å²) in [7, 11) is -3.00. The van der Waals surface area contributed by atoms with Crippen molar-refractivity contribution in [2.24, 2.45) is 0 Å². The van der Waals surface area contributed by atoms with Gasteiger partial charge in [0.1, 0.15) is 15.6 Å². The number of rotatable bonds is 7. The first-order valence-electron chi connectivity index (χ1n) is 4.74. The minimum absolute atomic E-state index is 0.00331. The van der Waals surface area contributed by atoms with Gasteiger partial charge in [0.15, 0.2) is 0 Å². The molecule has 0 radical (unpaired) electrons. The number of carbonyl (C=O) groups excluding carboxylic acids is 1. The maximum atomic E-state index is 11.2. The lowest BCUT2D eigenvalue weighted by Gasteiger charge is -2.06. The molecule has 0 aromatic heterocycles. The molecule has 14 heavy (non-hydrogen) atoms. The molecule has 1 N–H and O–H groups in total.